The molecule has 0 saturated heterocycles. The van der Waals surface area contributed by atoms with Crippen molar-refractivity contribution in [1.29, 1.82) is 0 Å². The molecule has 6 aromatic carbocycles. The first kappa shape index (κ1) is 40.6. The van der Waals surface area contributed by atoms with Gasteiger partial charge in [-0.25, -0.2) is 0 Å². The number of hydrogen-bond acceptors (Lipinski definition) is 12. The lowest BCUT2D eigenvalue weighted by molar-refractivity contribution is 0.359. The number of benzene rings is 6. The Balaban J connectivity index is 1.28. The van der Waals surface area contributed by atoms with Crippen molar-refractivity contribution in [3.8, 4) is 69.0 Å². The molecule has 6 aromatic rings. The minimum absolute atomic E-state index is 0.190. The summed E-state index contributed by atoms with van der Waals surface area (Å²) in [7, 11) is 0. The van der Waals surface area contributed by atoms with Gasteiger partial charge in [-0.05, 0) is 156 Å². The van der Waals surface area contributed by atoms with Gasteiger partial charge >= 0.3 is 0 Å². The highest BCUT2D eigenvalue weighted by molar-refractivity contribution is 5.54. The second-order valence-corrected chi connectivity index (χ2v) is 14.8. The molecule has 58 heavy (non-hydrogen) atoms. The molecule has 0 aromatic heterocycles. The average Bonchev–Trinajstić information content (AvgIpc) is 3.19. The Kier molecular flexibility index (Phi) is 12.2. The zero-order valence-electron chi connectivity index (χ0n) is 31.4. The fourth-order valence-electron chi connectivity index (χ4n) is 7.46. The summed E-state index contributed by atoms with van der Waals surface area (Å²) in [5, 5.41) is 121. The van der Waals surface area contributed by atoms with Crippen LogP contribution < -0.4 is 0 Å². The van der Waals surface area contributed by atoms with E-state index in [2.05, 4.69) is 0 Å². The van der Waals surface area contributed by atoms with Crippen molar-refractivity contribution >= 4 is 0 Å². The van der Waals surface area contributed by atoms with E-state index in [1.165, 1.54) is 48.5 Å². The highest BCUT2D eigenvalue weighted by atomic mass is 16.3. The molecule has 0 bridgehead atoms. The van der Waals surface area contributed by atoms with Gasteiger partial charge in [-0.3, -0.25) is 0 Å². The Labute approximate surface area is 334 Å². The van der Waals surface area contributed by atoms with E-state index in [9.17, 15) is 61.3 Å². The van der Waals surface area contributed by atoms with Gasteiger partial charge < -0.3 is 61.3 Å². The Morgan fingerprint density at radius 1 is 0.293 bits per heavy atom. The van der Waals surface area contributed by atoms with Gasteiger partial charge in [0.25, 0.3) is 0 Å². The van der Waals surface area contributed by atoms with Gasteiger partial charge in [-0.15, -0.1) is 0 Å². The lowest BCUT2D eigenvalue weighted by Crippen LogP contribution is -2.19. The van der Waals surface area contributed by atoms with Crippen LogP contribution in [-0.2, 0) is 44.9 Å². The lowest BCUT2D eigenvalue weighted by atomic mass is 9.75. The van der Waals surface area contributed by atoms with Crippen molar-refractivity contribution in [3.63, 3.8) is 0 Å². The maximum absolute atomic E-state index is 10.4. The summed E-state index contributed by atoms with van der Waals surface area (Å²) < 4.78 is 0. The quantitative estimate of drug-likeness (QED) is 0.0452. The highest BCUT2D eigenvalue weighted by Gasteiger charge is 2.26. The molecule has 0 spiro atoms. The van der Waals surface area contributed by atoms with E-state index >= 15 is 0 Å². The predicted octanol–water partition coefficient (Wildman–Crippen LogP) is 7.54. The molecule has 0 aliphatic carbocycles. The van der Waals surface area contributed by atoms with E-state index in [1.54, 1.807) is 0 Å². The number of phenols is 12. The van der Waals surface area contributed by atoms with Gasteiger partial charge in [0.05, 0.1) is 0 Å². The van der Waals surface area contributed by atoms with E-state index in [0.29, 0.717) is 73.6 Å². The first-order chi connectivity index (χ1) is 27.6. The van der Waals surface area contributed by atoms with E-state index in [0.717, 1.165) is 22.3 Å². The summed E-state index contributed by atoms with van der Waals surface area (Å²) in [6.45, 7) is 0. The molecule has 0 saturated carbocycles. The Bertz CT molecular complexity index is 2300. The molecular formula is C46H46O12. The topological polar surface area (TPSA) is 243 Å². The third kappa shape index (κ3) is 9.65. The monoisotopic (exact) mass is 790 g/mol. The molecule has 2 atom stereocenters. The van der Waals surface area contributed by atoms with Crippen molar-refractivity contribution in [2.75, 3.05) is 0 Å². The molecule has 0 amide bonds. The number of phenolic OH excluding ortho intramolecular Hbond substituents is 12. The summed E-state index contributed by atoms with van der Waals surface area (Å²) >= 11 is 0. The van der Waals surface area contributed by atoms with E-state index in [1.807, 2.05) is 48.5 Å². The van der Waals surface area contributed by atoms with Crippen LogP contribution in [0.2, 0.25) is 0 Å². The fourth-order valence-corrected chi connectivity index (χ4v) is 7.46. The predicted molar refractivity (Wildman–Crippen MR) is 215 cm³/mol. The molecule has 0 radical (unpaired) electrons. The van der Waals surface area contributed by atoms with E-state index < -0.39 is 57.5 Å². The SMILES string of the molecule is Oc1cc(CCc2ccc(CC[C@H](Cc3cc(O)c(O)c(O)c3)[C@@H](Cc3cc(O)c(O)c(O)c3)c3ccc(CCc4cc(O)c(O)c(O)c4)cc3)cc2)cc(O)c1O. The molecule has 12 heteroatoms. The third-order valence-corrected chi connectivity index (χ3v) is 10.7. The molecule has 0 aliphatic rings. The zero-order valence-corrected chi connectivity index (χ0v) is 31.4. The maximum atomic E-state index is 10.4. The molecule has 0 heterocycles. The average molecular weight is 791 g/mol. The normalized spacial score (nSPS) is 12.3. The smallest absolute Gasteiger partial charge is 0.200 e. The van der Waals surface area contributed by atoms with Crippen molar-refractivity contribution < 1.29 is 61.3 Å². The number of rotatable bonds is 15. The summed E-state index contributed by atoms with van der Waals surface area (Å²) in [6.07, 6.45) is 4.04. The van der Waals surface area contributed by atoms with Crippen LogP contribution in [0.3, 0.4) is 0 Å². The molecule has 302 valence electrons. The molecule has 0 fully saturated rings. The molecule has 0 unspecified atom stereocenters. The van der Waals surface area contributed by atoms with Crippen LogP contribution in [0.5, 0.6) is 69.0 Å². The zero-order chi connectivity index (χ0) is 41.7. The van der Waals surface area contributed by atoms with Crippen LogP contribution in [0.25, 0.3) is 0 Å². The minimum Gasteiger partial charge on any atom is -0.504 e. The second-order valence-electron chi connectivity index (χ2n) is 14.8. The summed E-state index contributed by atoms with van der Waals surface area (Å²) in [6, 6.07) is 27.1. The Morgan fingerprint density at radius 2 is 0.569 bits per heavy atom. The van der Waals surface area contributed by atoms with Crippen LogP contribution >= 0.6 is 0 Å². The first-order valence-electron chi connectivity index (χ1n) is 18.8. The summed E-state index contributed by atoms with van der Waals surface area (Å²) in [5.74, 6) is -6.34. The third-order valence-electron chi connectivity index (χ3n) is 10.7. The van der Waals surface area contributed by atoms with Gasteiger partial charge in [0.15, 0.2) is 69.0 Å². The van der Waals surface area contributed by atoms with E-state index in [4.69, 9.17) is 0 Å². The molecule has 12 nitrogen and oxygen atoms in total. The van der Waals surface area contributed by atoms with E-state index in [-0.39, 0.29) is 23.3 Å². The van der Waals surface area contributed by atoms with Gasteiger partial charge in [-0.1, -0.05) is 48.5 Å². The largest absolute Gasteiger partial charge is 0.504 e. The number of aromatic hydroxyl groups is 12. The summed E-state index contributed by atoms with van der Waals surface area (Å²) in [5.41, 5.74) is 6.34. The minimum atomic E-state index is -0.630. The fraction of sp³-hybridized carbons (Fsp3) is 0.217. The van der Waals surface area contributed by atoms with Crippen LogP contribution in [0.15, 0.2) is 97.1 Å². The maximum Gasteiger partial charge on any atom is 0.200 e. The standard InChI is InChI=1S/C46H46O12/c47-35-17-28(18-36(48)43(35)55)7-5-25-1-3-26(4-2-25)11-14-33(15-30-21-39(51)45(57)40(52)22-30)34(16-31-23-41(53)46(58)42(54)24-31)32-12-9-27(10-13-32)6-8-29-19-37(49)44(56)38(50)20-29/h1-4,9-10,12-13,17-24,33-34,47-58H,5-8,11,14-16H2/t33-,34+/m1/s1. The molecular weight excluding hydrogens is 744 g/mol. The molecule has 12 N–H and O–H groups in total. The van der Waals surface area contributed by atoms with Crippen LogP contribution in [-0.4, -0.2) is 61.3 Å². The van der Waals surface area contributed by atoms with Gasteiger partial charge in [0.2, 0.25) is 0 Å². The molecule has 0 aliphatic heterocycles. The van der Waals surface area contributed by atoms with Crippen LogP contribution in [0.4, 0.5) is 0 Å². The van der Waals surface area contributed by atoms with Crippen molar-refractivity contribution in [1.82, 2.24) is 0 Å². The van der Waals surface area contributed by atoms with Crippen LogP contribution in [0.1, 0.15) is 56.8 Å². The summed E-state index contributed by atoms with van der Waals surface area (Å²) in [4.78, 5) is 0. The lowest BCUT2D eigenvalue weighted by Gasteiger charge is -2.29. The number of hydrogen-bond donors (Lipinski definition) is 12. The highest BCUT2D eigenvalue weighted by Crippen LogP contribution is 2.42. The van der Waals surface area contributed by atoms with Gasteiger partial charge in [0, 0.05) is 0 Å². The van der Waals surface area contributed by atoms with Gasteiger partial charge in [0.1, 0.15) is 0 Å². The van der Waals surface area contributed by atoms with Crippen molar-refractivity contribution in [3.05, 3.63) is 142 Å². The first-order valence-corrected chi connectivity index (χ1v) is 18.8. The Morgan fingerprint density at radius 3 is 0.931 bits per heavy atom. The van der Waals surface area contributed by atoms with Gasteiger partial charge in [-0.2, -0.15) is 0 Å². The van der Waals surface area contributed by atoms with Crippen LogP contribution in [0, 0.1) is 5.92 Å². The molecule has 6 rings (SSSR count). The second kappa shape index (κ2) is 17.4. The van der Waals surface area contributed by atoms with Crippen molar-refractivity contribution in [2.24, 2.45) is 5.92 Å². The number of aryl methyl sites for hydroxylation is 5. The van der Waals surface area contributed by atoms with Crippen molar-refractivity contribution in [2.45, 2.75) is 57.3 Å². The Hall–Kier alpha value is -7.08.